The summed E-state index contributed by atoms with van der Waals surface area (Å²) in [6, 6.07) is 6.42. The average molecular weight is 294 g/mol. The van der Waals surface area contributed by atoms with Gasteiger partial charge in [0.15, 0.2) is 0 Å². The number of amides is 1. The molecule has 0 unspecified atom stereocenters. The number of aryl methyl sites for hydroxylation is 2. The highest BCUT2D eigenvalue weighted by Gasteiger charge is 2.19. The number of hydrogen-bond acceptors (Lipinski definition) is 1. The number of rotatable bonds is 4. The molecule has 20 heavy (non-hydrogen) atoms. The summed E-state index contributed by atoms with van der Waals surface area (Å²) in [4.78, 5) is 12.0. The number of carbonyl (C=O) groups excluding carboxylic acids is 1. The molecule has 1 aromatic rings. The zero-order valence-corrected chi connectivity index (χ0v) is 13.2. The first-order chi connectivity index (χ1) is 9.54. The van der Waals surface area contributed by atoms with Crippen LogP contribution >= 0.6 is 11.6 Å². The van der Waals surface area contributed by atoms with Crippen molar-refractivity contribution in [2.75, 3.05) is 0 Å². The van der Waals surface area contributed by atoms with Crippen LogP contribution < -0.4 is 5.32 Å². The maximum atomic E-state index is 12.0. The van der Waals surface area contributed by atoms with Gasteiger partial charge in [-0.15, -0.1) is 0 Å². The Morgan fingerprint density at radius 2 is 2.00 bits per heavy atom. The molecule has 2 nitrogen and oxygen atoms in total. The van der Waals surface area contributed by atoms with Gasteiger partial charge >= 0.3 is 0 Å². The van der Waals surface area contributed by atoms with E-state index in [0.29, 0.717) is 12.5 Å². The Hall–Kier alpha value is -1.02. The predicted molar refractivity (Wildman–Crippen MR) is 84.1 cm³/mol. The van der Waals surface area contributed by atoms with Crippen LogP contribution in [0.2, 0.25) is 5.02 Å². The fourth-order valence-electron chi connectivity index (χ4n) is 2.75. The Labute approximate surface area is 126 Å². The molecule has 1 amide bonds. The molecule has 110 valence electrons. The SMILES string of the molecule is Cc1ccc(CCC(=O)NC2CCC(C)CC2)cc1Cl. The van der Waals surface area contributed by atoms with E-state index in [9.17, 15) is 4.79 Å². The molecule has 1 aliphatic carbocycles. The summed E-state index contributed by atoms with van der Waals surface area (Å²) in [6.45, 7) is 4.28. The fourth-order valence-corrected chi connectivity index (χ4v) is 2.96. The molecule has 0 radical (unpaired) electrons. The largest absolute Gasteiger partial charge is 0.353 e. The lowest BCUT2D eigenvalue weighted by atomic mass is 9.87. The Kier molecular flexibility index (Phi) is 5.47. The molecule has 1 N–H and O–H groups in total. The third kappa shape index (κ3) is 4.52. The lowest BCUT2D eigenvalue weighted by Crippen LogP contribution is -2.37. The Bertz CT molecular complexity index is 464. The van der Waals surface area contributed by atoms with Crippen molar-refractivity contribution in [2.45, 2.75) is 58.4 Å². The summed E-state index contributed by atoms with van der Waals surface area (Å²) < 4.78 is 0. The first-order valence-electron chi connectivity index (χ1n) is 7.59. The number of halogens is 1. The highest BCUT2D eigenvalue weighted by molar-refractivity contribution is 6.31. The molecule has 0 aliphatic heterocycles. The smallest absolute Gasteiger partial charge is 0.220 e. The van der Waals surface area contributed by atoms with E-state index < -0.39 is 0 Å². The van der Waals surface area contributed by atoms with Crippen molar-refractivity contribution in [3.63, 3.8) is 0 Å². The Morgan fingerprint density at radius 3 is 2.65 bits per heavy atom. The molecule has 1 aliphatic rings. The van der Waals surface area contributed by atoms with Crippen molar-refractivity contribution in [2.24, 2.45) is 5.92 Å². The van der Waals surface area contributed by atoms with Gasteiger partial charge in [-0.3, -0.25) is 4.79 Å². The molecule has 0 saturated heterocycles. The number of hydrogen-bond donors (Lipinski definition) is 1. The normalized spacial score (nSPS) is 22.6. The van der Waals surface area contributed by atoms with E-state index >= 15 is 0 Å². The molecule has 2 rings (SSSR count). The van der Waals surface area contributed by atoms with Crippen LogP contribution in [0.15, 0.2) is 18.2 Å². The highest BCUT2D eigenvalue weighted by atomic mass is 35.5. The molecule has 0 spiro atoms. The molecule has 0 aromatic heterocycles. The van der Waals surface area contributed by atoms with Crippen molar-refractivity contribution < 1.29 is 4.79 Å². The Balaban J connectivity index is 1.76. The van der Waals surface area contributed by atoms with Gasteiger partial charge in [-0.25, -0.2) is 0 Å². The van der Waals surface area contributed by atoms with Gasteiger partial charge in [0, 0.05) is 17.5 Å². The van der Waals surface area contributed by atoms with E-state index in [4.69, 9.17) is 11.6 Å². The number of nitrogens with one attached hydrogen (secondary N) is 1. The van der Waals surface area contributed by atoms with Crippen molar-refractivity contribution in [3.05, 3.63) is 34.3 Å². The zero-order valence-electron chi connectivity index (χ0n) is 12.4. The van der Waals surface area contributed by atoms with Crippen molar-refractivity contribution >= 4 is 17.5 Å². The van der Waals surface area contributed by atoms with Crippen LogP contribution in [0.4, 0.5) is 0 Å². The molecule has 0 bridgehead atoms. The van der Waals surface area contributed by atoms with Gasteiger partial charge in [0.2, 0.25) is 5.91 Å². The van der Waals surface area contributed by atoms with Gasteiger partial charge in [-0.2, -0.15) is 0 Å². The summed E-state index contributed by atoms with van der Waals surface area (Å²) in [6.07, 6.45) is 6.03. The molecule has 0 heterocycles. The van der Waals surface area contributed by atoms with Gasteiger partial charge < -0.3 is 5.32 Å². The molecule has 1 fully saturated rings. The second-order valence-electron chi connectivity index (χ2n) is 6.11. The van der Waals surface area contributed by atoms with Gasteiger partial charge in [-0.05, 0) is 62.1 Å². The summed E-state index contributed by atoms with van der Waals surface area (Å²) in [5, 5.41) is 3.95. The molecule has 0 atom stereocenters. The van der Waals surface area contributed by atoms with Gasteiger partial charge in [0.1, 0.15) is 0 Å². The van der Waals surface area contributed by atoms with Crippen LogP contribution in [-0.2, 0) is 11.2 Å². The van der Waals surface area contributed by atoms with Crippen LogP contribution in [0.3, 0.4) is 0 Å². The van der Waals surface area contributed by atoms with Crippen LogP contribution in [0.5, 0.6) is 0 Å². The fraction of sp³-hybridized carbons (Fsp3) is 0.588. The van der Waals surface area contributed by atoms with Gasteiger partial charge in [0.05, 0.1) is 0 Å². The number of benzene rings is 1. The van der Waals surface area contributed by atoms with Crippen LogP contribution in [0.1, 0.15) is 50.2 Å². The second kappa shape index (κ2) is 7.12. The minimum Gasteiger partial charge on any atom is -0.353 e. The molecule has 3 heteroatoms. The topological polar surface area (TPSA) is 29.1 Å². The predicted octanol–water partition coefficient (Wildman–Crippen LogP) is 4.28. The van der Waals surface area contributed by atoms with E-state index in [1.54, 1.807) is 0 Å². The van der Waals surface area contributed by atoms with E-state index in [0.717, 1.165) is 41.3 Å². The summed E-state index contributed by atoms with van der Waals surface area (Å²) in [7, 11) is 0. The summed E-state index contributed by atoms with van der Waals surface area (Å²) in [5.74, 6) is 0.985. The minimum atomic E-state index is 0.168. The average Bonchev–Trinajstić information content (AvgIpc) is 2.43. The summed E-state index contributed by atoms with van der Waals surface area (Å²) >= 11 is 6.10. The second-order valence-corrected chi connectivity index (χ2v) is 6.52. The third-order valence-corrected chi connectivity index (χ3v) is 4.67. The van der Waals surface area contributed by atoms with E-state index in [1.165, 1.54) is 12.8 Å². The lowest BCUT2D eigenvalue weighted by Gasteiger charge is -2.26. The van der Waals surface area contributed by atoms with Crippen LogP contribution in [0.25, 0.3) is 0 Å². The lowest BCUT2D eigenvalue weighted by molar-refractivity contribution is -0.122. The highest BCUT2D eigenvalue weighted by Crippen LogP contribution is 2.23. The van der Waals surface area contributed by atoms with Gasteiger partial charge in [0.25, 0.3) is 0 Å². The van der Waals surface area contributed by atoms with Crippen LogP contribution in [0, 0.1) is 12.8 Å². The maximum absolute atomic E-state index is 12.0. The quantitative estimate of drug-likeness (QED) is 0.882. The first-order valence-corrected chi connectivity index (χ1v) is 7.97. The standard InChI is InChI=1S/C17H24ClNO/c1-12-3-8-15(9-4-12)19-17(20)10-7-14-6-5-13(2)16(18)11-14/h5-6,11-12,15H,3-4,7-10H2,1-2H3,(H,19,20). The molecule has 1 saturated carbocycles. The van der Waals surface area contributed by atoms with E-state index in [-0.39, 0.29) is 5.91 Å². The van der Waals surface area contributed by atoms with E-state index in [2.05, 4.69) is 18.3 Å². The summed E-state index contributed by atoms with van der Waals surface area (Å²) in [5.41, 5.74) is 2.21. The van der Waals surface area contributed by atoms with Crippen molar-refractivity contribution in [3.8, 4) is 0 Å². The van der Waals surface area contributed by atoms with Gasteiger partial charge in [-0.1, -0.05) is 30.7 Å². The number of carbonyl (C=O) groups is 1. The molecule has 1 aromatic carbocycles. The van der Waals surface area contributed by atoms with E-state index in [1.807, 2.05) is 19.1 Å². The van der Waals surface area contributed by atoms with Crippen LogP contribution in [-0.4, -0.2) is 11.9 Å². The van der Waals surface area contributed by atoms with Crippen molar-refractivity contribution in [1.29, 1.82) is 0 Å². The minimum absolute atomic E-state index is 0.168. The Morgan fingerprint density at radius 1 is 1.30 bits per heavy atom. The first kappa shape index (κ1) is 15.4. The third-order valence-electron chi connectivity index (χ3n) is 4.26. The monoisotopic (exact) mass is 293 g/mol. The zero-order chi connectivity index (χ0) is 14.5. The molecular formula is C17H24ClNO. The van der Waals surface area contributed by atoms with Crippen molar-refractivity contribution in [1.82, 2.24) is 5.32 Å². The molecular weight excluding hydrogens is 270 g/mol. The maximum Gasteiger partial charge on any atom is 0.220 e.